The van der Waals surface area contributed by atoms with Gasteiger partial charge in [0.2, 0.25) is 11.1 Å². The van der Waals surface area contributed by atoms with Gasteiger partial charge in [0.15, 0.2) is 6.29 Å². The molecule has 1 saturated carbocycles. The molecule has 0 atom stereocenters. The fraction of sp³-hybridized carbons (Fsp3) is 0.833. The van der Waals surface area contributed by atoms with Crippen LogP contribution in [-0.4, -0.2) is 58.4 Å². The SMILES string of the molecule is COC(Cn1nnnc1SCC(=O)NC1CCCC1)OC. The average Bonchev–Trinajstić information content (AvgIpc) is 3.14. The van der Waals surface area contributed by atoms with Crippen molar-refractivity contribution in [2.24, 2.45) is 0 Å². The molecule has 21 heavy (non-hydrogen) atoms. The molecule has 1 aliphatic rings. The topological polar surface area (TPSA) is 91.2 Å². The smallest absolute Gasteiger partial charge is 0.230 e. The van der Waals surface area contributed by atoms with E-state index in [0.29, 0.717) is 23.5 Å². The summed E-state index contributed by atoms with van der Waals surface area (Å²) in [5, 5.41) is 15.0. The summed E-state index contributed by atoms with van der Waals surface area (Å²) in [6.07, 6.45) is 4.15. The summed E-state index contributed by atoms with van der Waals surface area (Å²) in [5.41, 5.74) is 0. The van der Waals surface area contributed by atoms with Crippen molar-refractivity contribution in [1.29, 1.82) is 0 Å². The molecule has 9 heteroatoms. The molecular weight excluding hydrogens is 294 g/mol. The lowest BCUT2D eigenvalue weighted by Gasteiger charge is -2.14. The minimum absolute atomic E-state index is 0.0245. The molecule has 118 valence electrons. The Hall–Kier alpha value is -1.19. The third-order valence-corrected chi connectivity index (χ3v) is 4.36. The maximum atomic E-state index is 11.9. The van der Waals surface area contributed by atoms with E-state index in [9.17, 15) is 4.79 Å². The zero-order valence-electron chi connectivity index (χ0n) is 12.3. The zero-order valence-corrected chi connectivity index (χ0v) is 13.1. The molecule has 0 saturated heterocycles. The maximum absolute atomic E-state index is 11.9. The molecule has 1 N–H and O–H groups in total. The Morgan fingerprint density at radius 3 is 2.81 bits per heavy atom. The molecule has 0 radical (unpaired) electrons. The first kappa shape index (κ1) is 16.2. The van der Waals surface area contributed by atoms with Gasteiger partial charge in [0, 0.05) is 20.3 Å². The lowest BCUT2D eigenvalue weighted by Crippen LogP contribution is -2.34. The van der Waals surface area contributed by atoms with Crippen LogP contribution in [0.3, 0.4) is 0 Å². The molecule has 1 aromatic heterocycles. The highest BCUT2D eigenvalue weighted by molar-refractivity contribution is 7.99. The molecule has 0 bridgehead atoms. The molecule has 0 aromatic carbocycles. The van der Waals surface area contributed by atoms with Crippen molar-refractivity contribution >= 4 is 17.7 Å². The van der Waals surface area contributed by atoms with Crippen LogP contribution in [0.15, 0.2) is 5.16 Å². The summed E-state index contributed by atoms with van der Waals surface area (Å²) in [7, 11) is 3.11. The number of nitrogens with one attached hydrogen (secondary N) is 1. The van der Waals surface area contributed by atoms with Crippen LogP contribution in [0.4, 0.5) is 0 Å². The van der Waals surface area contributed by atoms with E-state index in [1.54, 1.807) is 18.9 Å². The highest BCUT2D eigenvalue weighted by atomic mass is 32.2. The summed E-state index contributed by atoms with van der Waals surface area (Å²) in [4.78, 5) is 11.9. The number of amides is 1. The Labute approximate surface area is 127 Å². The lowest BCUT2D eigenvalue weighted by molar-refractivity contribution is -0.119. The van der Waals surface area contributed by atoms with Gasteiger partial charge in [-0.15, -0.1) is 5.10 Å². The van der Waals surface area contributed by atoms with Gasteiger partial charge in [0.1, 0.15) is 0 Å². The largest absolute Gasteiger partial charge is 0.354 e. The third-order valence-electron chi connectivity index (χ3n) is 3.40. The molecule has 0 unspecified atom stereocenters. The molecule has 2 rings (SSSR count). The molecule has 8 nitrogen and oxygen atoms in total. The first-order valence-electron chi connectivity index (χ1n) is 6.97. The van der Waals surface area contributed by atoms with Crippen LogP contribution in [0.2, 0.25) is 0 Å². The molecule has 1 aromatic rings. The minimum atomic E-state index is -0.417. The van der Waals surface area contributed by atoms with Crippen LogP contribution in [0.1, 0.15) is 25.7 Å². The summed E-state index contributed by atoms with van der Waals surface area (Å²) in [6.45, 7) is 0.382. The number of hydrogen-bond donors (Lipinski definition) is 1. The number of rotatable bonds is 8. The second kappa shape index (κ2) is 8.30. The van der Waals surface area contributed by atoms with Crippen molar-refractivity contribution in [2.45, 2.75) is 49.7 Å². The number of carbonyl (C=O) groups excluding carboxylic acids is 1. The van der Waals surface area contributed by atoms with Gasteiger partial charge in [-0.3, -0.25) is 4.79 Å². The van der Waals surface area contributed by atoms with Gasteiger partial charge < -0.3 is 14.8 Å². The number of thioether (sulfide) groups is 1. The number of aromatic nitrogens is 4. The van der Waals surface area contributed by atoms with Gasteiger partial charge >= 0.3 is 0 Å². The van der Waals surface area contributed by atoms with Crippen LogP contribution >= 0.6 is 11.8 Å². The van der Waals surface area contributed by atoms with Crippen molar-refractivity contribution in [3.63, 3.8) is 0 Å². The second-order valence-corrected chi connectivity index (χ2v) is 5.82. The summed E-state index contributed by atoms with van der Waals surface area (Å²) in [5.74, 6) is 0.332. The number of carbonyl (C=O) groups is 1. The average molecular weight is 315 g/mol. The van der Waals surface area contributed by atoms with Gasteiger partial charge in [-0.05, 0) is 23.3 Å². The van der Waals surface area contributed by atoms with E-state index in [0.717, 1.165) is 12.8 Å². The van der Waals surface area contributed by atoms with Crippen LogP contribution in [0.5, 0.6) is 0 Å². The molecule has 1 aliphatic carbocycles. The second-order valence-electron chi connectivity index (χ2n) is 4.88. The number of nitrogens with zero attached hydrogens (tertiary/aromatic N) is 4. The monoisotopic (exact) mass is 315 g/mol. The Bertz CT molecular complexity index is 446. The fourth-order valence-corrected chi connectivity index (χ4v) is 2.97. The predicted molar refractivity (Wildman–Crippen MR) is 76.7 cm³/mol. The van der Waals surface area contributed by atoms with Gasteiger partial charge in [-0.2, -0.15) is 0 Å². The van der Waals surface area contributed by atoms with Crippen LogP contribution in [-0.2, 0) is 20.8 Å². The minimum Gasteiger partial charge on any atom is -0.354 e. The van der Waals surface area contributed by atoms with E-state index in [2.05, 4.69) is 20.8 Å². The van der Waals surface area contributed by atoms with E-state index in [1.807, 2.05) is 0 Å². The van der Waals surface area contributed by atoms with Crippen LogP contribution in [0, 0.1) is 0 Å². The quantitative estimate of drug-likeness (QED) is 0.550. The highest BCUT2D eigenvalue weighted by Crippen LogP contribution is 2.18. The Morgan fingerprint density at radius 2 is 2.14 bits per heavy atom. The van der Waals surface area contributed by atoms with Crippen LogP contribution in [0.25, 0.3) is 0 Å². The number of hydrogen-bond acceptors (Lipinski definition) is 7. The van der Waals surface area contributed by atoms with Gasteiger partial charge in [0.05, 0.1) is 12.3 Å². The zero-order chi connectivity index (χ0) is 15.1. The normalized spacial score (nSPS) is 15.8. The fourth-order valence-electron chi connectivity index (χ4n) is 2.27. The summed E-state index contributed by atoms with van der Waals surface area (Å²) >= 11 is 1.31. The molecule has 1 heterocycles. The Balaban J connectivity index is 1.79. The van der Waals surface area contributed by atoms with Gasteiger partial charge in [0.25, 0.3) is 0 Å². The first-order valence-corrected chi connectivity index (χ1v) is 7.95. The lowest BCUT2D eigenvalue weighted by atomic mass is 10.2. The van der Waals surface area contributed by atoms with E-state index in [-0.39, 0.29) is 5.91 Å². The number of tetrazole rings is 1. The molecule has 0 spiro atoms. The molecule has 1 fully saturated rings. The van der Waals surface area contributed by atoms with Crippen molar-refractivity contribution in [3.8, 4) is 0 Å². The third kappa shape index (κ3) is 4.94. The first-order chi connectivity index (χ1) is 10.2. The standard InChI is InChI=1S/C12H21N5O3S/c1-19-11(20-2)7-17-12(14-15-16-17)21-8-10(18)13-9-5-3-4-6-9/h9,11H,3-8H2,1-2H3,(H,13,18). The van der Waals surface area contributed by atoms with E-state index in [4.69, 9.17) is 9.47 Å². The predicted octanol–water partition coefficient (Wildman–Crippen LogP) is 0.443. The maximum Gasteiger partial charge on any atom is 0.230 e. The van der Waals surface area contributed by atoms with Crippen molar-refractivity contribution in [1.82, 2.24) is 25.5 Å². The Kier molecular flexibility index (Phi) is 6.40. The summed E-state index contributed by atoms with van der Waals surface area (Å²) < 4.78 is 11.8. The van der Waals surface area contributed by atoms with Crippen LogP contribution < -0.4 is 5.32 Å². The highest BCUT2D eigenvalue weighted by Gasteiger charge is 2.18. The molecular formula is C12H21N5O3S. The van der Waals surface area contributed by atoms with Crippen molar-refractivity contribution in [2.75, 3.05) is 20.0 Å². The van der Waals surface area contributed by atoms with Gasteiger partial charge in [-0.1, -0.05) is 24.6 Å². The van der Waals surface area contributed by atoms with E-state index < -0.39 is 6.29 Å². The number of methoxy groups -OCH3 is 2. The molecule has 1 amide bonds. The van der Waals surface area contributed by atoms with Crippen molar-refractivity contribution < 1.29 is 14.3 Å². The Morgan fingerprint density at radius 1 is 1.43 bits per heavy atom. The van der Waals surface area contributed by atoms with E-state index in [1.165, 1.54) is 24.6 Å². The van der Waals surface area contributed by atoms with Gasteiger partial charge in [-0.25, -0.2) is 4.68 Å². The summed E-state index contributed by atoms with van der Waals surface area (Å²) in [6, 6.07) is 0.334. The molecule has 0 aliphatic heterocycles. The van der Waals surface area contributed by atoms with Crippen molar-refractivity contribution in [3.05, 3.63) is 0 Å². The van der Waals surface area contributed by atoms with E-state index >= 15 is 0 Å². The number of ether oxygens (including phenoxy) is 2.